The first-order valence-electron chi connectivity index (χ1n) is 7.95. The zero-order chi connectivity index (χ0) is 19.0. The molecule has 0 radical (unpaired) electrons. The number of sulfonamides is 1. The van der Waals surface area contributed by atoms with Crippen LogP contribution in [-0.2, 0) is 20.6 Å². The van der Waals surface area contributed by atoms with E-state index in [2.05, 4.69) is 21.5 Å². The van der Waals surface area contributed by atoms with Crippen molar-refractivity contribution in [3.8, 4) is 5.75 Å². The van der Waals surface area contributed by atoms with Gasteiger partial charge < -0.3 is 10.1 Å². The smallest absolute Gasteiger partial charge is 0.241 e. The van der Waals surface area contributed by atoms with Crippen molar-refractivity contribution in [2.24, 2.45) is 0 Å². The normalized spacial score (nSPS) is 12.5. The highest BCUT2D eigenvalue weighted by Crippen LogP contribution is 2.16. The second-order valence-corrected chi connectivity index (χ2v) is 9.09. The van der Waals surface area contributed by atoms with Crippen LogP contribution in [0.3, 0.4) is 0 Å². The van der Waals surface area contributed by atoms with Crippen LogP contribution >= 0.6 is 23.1 Å². The average Bonchev–Trinajstić information content (AvgIpc) is 3.14. The third-order valence-corrected chi connectivity index (χ3v) is 6.81. The lowest BCUT2D eigenvalue weighted by atomic mass is 10.3. The molecule has 1 heterocycles. The Morgan fingerprint density at radius 1 is 1.27 bits per heavy atom. The highest BCUT2D eigenvalue weighted by atomic mass is 32.2. The SMILES string of the molecule is COc1ccc(S(=O)(=O)N[C@H](C)C(=O)NCCSCc2ccsc2)cc1. The molecule has 0 unspecified atom stereocenters. The third kappa shape index (κ3) is 6.31. The maximum atomic E-state index is 12.3. The van der Waals surface area contributed by atoms with Gasteiger partial charge in [0.25, 0.3) is 0 Å². The third-order valence-electron chi connectivity index (χ3n) is 3.49. The molecular formula is C17H22N2O4S3. The molecule has 1 amide bonds. The first-order valence-corrected chi connectivity index (χ1v) is 11.5. The van der Waals surface area contributed by atoms with Crippen LogP contribution in [0.15, 0.2) is 46.0 Å². The van der Waals surface area contributed by atoms with E-state index >= 15 is 0 Å². The fourth-order valence-electron chi connectivity index (χ4n) is 2.07. The van der Waals surface area contributed by atoms with Crippen molar-refractivity contribution in [3.63, 3.8) is 0 Å². The number of benzene rings is 1. The number of hydrogen-bond acceptors (Lipinski definition) is 6. The van der Waals surface area contributed by atoms with Gasteiger partial charge in [-0.2, -0.15) is 27.8 Å². The number of amides is 1. The van der Waals surface area contributed by atoms with Crippen LogP contribution in [0.25, 0.3) is 0 Å². The number of hydrogen-bond donors (Lipinski definition) is 2. The van der Waals surface area contributed by atoms with Crippen LogP contribution in [0.5, 0.6) is 5.75 Å². The Morgan fingerprint density at radius 3 is 2.62 bits per heavy atom. The molecule has 1 atom stereocenters. The van der Waals surface area contributed by atoms with E-state index in [1.807, 2.05) is 5.38 Å². The van der Waals surface area contributed by atoms with Crippen LogP contribution in [0, 0.1) is 0 Å². The highest BCUT2D eigenvalue weighted by molar-refractivity contribution is 7.98. The van der Waals surface area contributed by atoms with Gasteiger partial charge in [0.15, 0.2) is 0 Å². The lowest BCUT2D eigenvalue weighted by Crippen LogP contribution is -2.45. The number of methoxy groups -OCH3 is 1. The summed E-state index contributed by atoms with van der Waals surface area (Å²) in [6, 6.07) is 7.21. The molecule has 142 valence electrons. The predicted molar refractivity (Wildman–Crippen MR) is 106 cm³/mol. The molecular weight excluding hydrogens is 392 g/mol. The van der Waals surface area contributed by atoms with Gasteiger partial charge >= 0.3 is 0 Å². The maximum Gasteiger partial charge on any atom is 0.241 e. The van der Waals surface area contributed by atoms with E-state index in [-0.39, 0.29) is 10.8 Å². The van der Waals surface area contributed by atoms with Gasteiger partial charge in [-0.05, 0) is 53.6 Å². The summed E-state index contributed by atoms with van der Waals surface area (Å²) in [5.74, 6) is 1.88. The van der Waals surface area contributed by atoms with Gasteiger partial charge in [-0.3, -0.25) is 4.79 Å². The summed E-state index contributed by atoms with van der Waals surface area (Å²) in [6.07, 6.45) is 0. The monoisotopic (exact) mass is 414 g/mol. The van der Waals surface area contributed by atoms with Crippen molar-refractivity contribution in [1.29, 1.82) is 0 Å². The van der Waals surface area contributed by atoms with Gasteiger partial charge in [-0.15, -0.1) is 0 Å². The number of thioether (sulfide) groups is 1. The zero-order valence-electron chi connectivity index (χ0n) is 14.6. The second-order valence-electron chi connectivity index (χ2n) is 5.49. The lowest BCUT2D eigenvalue weighted by molar-refractivity contribution is -0.122. The number of carbonyl (C=O) groups is 1. The summed E-state index contributed by atoms with van der Waals surface area (Å²) in [5.41, 5.74) is 1.27. The minimum absolute atomic E-state index is 0.0873. The Labute approximate surface area is 162 Å². The molecule has 2 N–H and O–H groups in total. The molecule has 1 aromatic heterocycles. The molecule has 0 fully saturated rings. The van der Waals surface area contributed by atoms with Crippen molar-refractivity contribution in [3.05, 3.63) is 46.7 Å². The summed E-state index contributed by atoms with van der Waals surface area (Å²) in [4.78, 5) is 12.2. The summed E-state index contributed by atoms with van der Waals surface area (Å²) >= 11 is 3.38. The number of nitrogens with one attached hydrogen (secondary N) is 2. The van der Waals surface area contributed by atoms with Gasteiger partial charge in [0, 0.05) is 18.1 Å². The van der Waals surface area contributed by atoms with E-state index in [1.54, 1.807) is 35.2 Å². The van der Waals surface area contributed by atoms with Gasteiger partial charge in [-0.1, -0.05) is 0 Å². The standard InChI is InChI=1S/C17H22N2O4S3/c1-13(17(20)18-8-10-25-12-14-7-9-24-11-14)19-26(21,22)16-5-3-15(23-2)4-6-16/h3-7,9,11,13,19H,8,10,12H2,1-2H3,(H,18,20)/t13-/m1/s1. The summed E-state index contributed by atoms with van der Waals surface area (Å²) in [7, 11) is -2.26. The molecule has 0 aliphatic heterocycles. The average molecular weight is 415 g/mol. The zero-order valence-corrected chi connectivity index (χ0v) is 17.0. The Hall–Kier alpha value is -1.55. The van der Waals surface area contributed by atoms with E-state index < -0.39 is 16.1 Å². The van der Waals surface area contributed by atoms with Crippen LogP contribution in [-0.4, -0.2) is 39.8 Å². The summed E-state index contributed by atoms with van der Waals surface area (Å²) in [5, 5.41) is 6.89. The Kier molecular flexibility index (Phi) is 7.95. The molecule has 2 rings (SSSR count). The summed E-state index contributed by atoms with van der Waals surface area (Å²) in [6.45, 7) is 2.01. The quantitative estimate of drug-likeness (QED) is 0.584. The second kappa shape index (κ2) is 9.96. The van der Waals surface area contributed by atoms with Crippen molar-refractivity contribution >= 4 is 39.0 Å². The molecule has 0 aliphatic carbocycles. The predicted octanol–water partition coefficient (Wildman–Crippen LogP) is 2.47. The van der Waals surface area contributed by atoms with E-state index in [1.165, 1.54) is 31.7 Å². The Bertz CT molecular complexity index is 790. The first-order chi connectivity index (χ1) is 12.4. The van der Waals surface area contributed by atoms with Gasteiger partial charge in [-0.25, -0.2) is 8.42 Å². The van der Waals surface area contributed by atoms with Gasteiger partial charge in [0.2, 0.25) is 15.9 Å². The van der Waals surface area contributed by atoms with E-state index in [9.17, 15) is 13.2 Å². The minimum Gasteiger partial charge on any atom is -0.497 e. The van der Waals surface area contributed by atoms with Crippen LogP contribution in [0.2, 0.25) is 0 Å². The molecule has 0 saturated heterocycles. The molecule has 1 aromatic carbocycles. The van der Waals surface area contributed by atoms with Crippen LogP contribution in [0.1, 0.15) is 12.5 Å². The van der Waals surface area contributed by atoms with Crippen molar-refractivity contribution < 1.29 is 17.9 Å². The molecule has 6 nitrogen and oxygen atoms in total. The van der Waals surface area contributed by atoms with Crippen LogP contribution < -0.4 is 14.8 Å². The largest absolute Gasteiger partial charge is 0.497 e. The highest BCUT2D eigenvalue weighted by Gasteiger charge is 2.21. The molecule has 0 saturated carbocycles. The van der Waals surface area contributed by atoms with Gasteiger partial charge in [0.05, 0.1) is 18.0 Å². The molecule has 26 heavy (non-hydrogen) atoms. The maximum absolute atomic E-state index is 12.3. The Morgan fingerprint density at radius 2 is 2.00 bits per heavy atom. The lowest BCUT2D eigenvalue weighted by Gasteiger charge is -2.14. The van der Waals surface area contributed by atoms with Crippen molar-refractivity contribution in [1.82, 2.24) is 10.0 Å². The van der Waals surface area contributed by atoms with Crippen LogP contribution in [0.4, 0.5) is 0 Å². The number of carbonyl (C=O) groups excluding carboxylic acids is 1. The fourth-order valence-corrected chi connectivity index (χ4v) is 4.86. The van der Waals surface area contributed by atoms with Crippen molar-refractivity contribution in [2.75, 3.05) is 19.4 Å². The molecule has 0 spiro atoms. The van der Waals surface area contributed by atoms with Gasteiger partial charge in [0.1, 0.15) is 5.75 Å². The molecule has 0 bridgehead atoms. The fraction of sp³-hybridized carbons (Fsp3) is 0.353. The Balaban J connectivity index is 1.76. The van der Waals surface area contributed by atoms with E-state index in [0.29, 0.717) is 12.3 Å². The summed E-state index contributed by atoms with van der Waals surface area (Å²) < 4.78 is 32.0. The van der Waals surface area contributed by atoms with E-state index in [0.717, 1.165) is 11.5 Å². The number of rotatable bonds is 10. The molecule has 9 heteroatoms. The van der Waals surface area contributed by atoms with Crippen molar-refractivity contribution in [2.45, 2.75) is 23.6 Å². The molecule has 2 aromatic rings. The number of thiophene rings is 1. The first kappa shape index (κ1) is 20.8. The number of ether oxygens (including phenoxy) is 1. The van der Waals surface area contributed by atoms with E-state index in [4.69, 9.17) is 4.74 Å². The molecule has 0 aliphatic rings. The minimum atomic E-state index is -3.76. The topological polar surface area (TPSA) is 84.5 Å².